The van der Waals surface area contributed by atoms with Crippen molar-refractivity contribution in [2.75, 3.05) is 13.7 Å². The van der Waals surface area contributed by atoms with Crippen LogP contribution in [0.25, 0.3) is 0 Å². The van der Waals surface area contributed by atoms with Gasteiger partial charge in [0.15, 0.2) is 0 Å². The Morgan fingerprint density at radius 1 is 1.50 bits per heavy atom. The second-order valence-corrected chi connectivity index (χ2v) is 4.82. The molecular weight excluding hydrogens is 228 g/mol. The van der Waals surface area contributed by atoms with Crippen molar-refractivity contribution < 1.29 is 9.53 Å². The maximum absolute atomic E-state index is 12.2. The molecule has 0 saturated carbocycles. The van der Waals surface area contributed by atoms with Gasteiger partial charge in [0.05, 0.1) is 13.5 Å². The summed E-state index contributed by atoms with van der Waals surface area (Å²) in [5, 5.41) is 0. The minimum absolute atomic E-state index is 0.203. The van der Waals surface area contributed by atoms with Crippen LogP contribution in [0.3, 0.4) is 0 Å². The zero-order valence-corrected chi connectivity index (χ0v) is 11.1. The van der Waals surface area contributed by atoms with Crippen molar-refractivity contribution in [3.8, 4) is 5.88 Å². The van der Waals surface area contributed by atoms with E-state index in [1.807, 2.05) is 11.0 Å². The fourth-order valence-electron chi connectivity index (χ4n) is 2.38. The van der Waals surface area contributed by atoms with Crippen LogP contribution in [0.15, 0.2) is 18.3 Å². The molecule has 1 amide bonds. The number of likely N-dealkylation sites (tertiary alicyclic amines) is 1. The van der Waals surface area contributed by atoms with E-state index in [0.29, 0.717) is 18.3 Å². The number of carbonyl (C=O) groups excluding carboxylic acids is 1. The Labute approximate surface area is 108 Å². The molecule has 1 aliphatic heterocycles. The summed E-state index contributed by atoms with van der Waals surface area (Å²) in [5.74, 6) is 0.784. The van der Waals surface area contributed by atoms with Gasteiger partial charge in [0.25, 0.3) is 0 Å². The van der Waals surface area contributed by atoms with Crippen LogP contribution < -0.4 is 4.74 Å². The van der Waals surface area contributed by atoms with Crippen LogP contribution in [0.5, 0.6) is 5.88 Å². The summed E-state index contributed by atoms with van der Waals surface area (Å²) in [4.78, 5) is 18.3. The first-order valence-electron chi connectivity index (χ1n) is 6.49. The highest BCUT2D eigenvalue weighted by atomic mass is 16.5. The lowest BCUT2D eigenvalue weighted by Crippen LogP contribution is -2.42. The average molecular weight is 248 g/mol. The van der Waals surface area contributed by atoms with E-state index in [2.05, 4.69) is 11.9 Å². The number of piperidine rings is 1. The van der Waals surface area contributed by atoms with Crippen molar-refractivity contribution in [2.45, 2.75) is 38.6 Å². The Hall–Kier alpha value is -1.58. The first-order chi connectivity index (χ1) is 8.70. The molecule has 0 aliphatic carbocycles. The maximum atomic E-state index is 12.2. The van der Waals surface area contributed by atoms with E-state index in [9.17, 15) is 4.79 Å². The van der Waals surface area contributed by atoms with Crippen molar-refractivity contribution in [1.82, 2.24) is 9.88 Å². The van der Waals surface area contributed by atoms with Gasteiger partial charge < -0.3 is 9.64 Å². The van der Waals surface area contributed by atoms with Crippen molar-refractivity contribution in [1.29, 1.82) is 0 Å². The third-order valence-electron chi connectivity index (χ3n) is 3.49. The van der Waals surface area contributed by atoms with Crippen LogP contribution >= 0.6 is 0 Å². The summed E-state index contributed by atoms with van der Waals surface area (Å²) in [7, 11) is 1.59. The highest BCUT2D eigenvalue weighted by molar-refractivity contribution is 5.79. The second-order valence-electron chi connectivity index (χ2n) is 4.82. The van der Waals surface area contributed by atoms with E-state index in [1.54, 1.807) is 19.4 Å². The molecule has 1 atom stereocenters. The number of methoxy groups -OCH3 is 1. The van der Waals surface area contributed by atoms with Gasteiger partial charge in [0.1, 0.15) is 0 Å². The predicted molar refractivity (Wildman–Crippen MR) is 69.5 cm³/mol. The third-order valence-corrected chi connectivity index (χ3v) is 3.49. The van der Waals surface area contributed by atoms with Crippen LogP contribution in [-0.2, 0) is 11.2 Å². The van der Waals surface area contributed by atoms with Gasteiger partial charge in [-0.15, -0.1) is 0 Å². The standard InChI is InChI=1S/C14H20N2O2/c1-11-5-3-4-8-16(11)14(17)9-12-6-7-13(18-2)15-10-12/h6-7,10-11H,3-5,8-9H2,1-2H3/t11-/m0/s1. The van der Waals surface area contributed by atoms with Crippen molar-refractivity contribution in [2.24, 2.45) is 0 Å². The van der Waals surface area contributed by atoms with E-state index in [0.717, 1.165) is 24.9 Å². The van der Waals surface area contributed by atoms with Gasteiger partial charge in [0, 0.05) is 24.8 Å². The zero-order valence-electron chi connectivity index (χ0n) is 11.1. The number of nitrogens with zero attached hydrogens (tertiary/aromatic N) is 2. The number of rotatable bonds is 3. The summed E-state index contributed by atoms with van der Waals surface area (Å²) in [6, 6.07) is 4.07. The van der Waals surface area contributed by atoms with Crippen LogP contribution in [0, 0.1) is 0 Å². The molecule has 1 saturated heterocycles. The second kappa shape index (κ2) is 5.85. The topological polar surface area (TPSA) is 42.4 Å². The maximum Gasteiger partial charge on any atom is 0.227 e. The Kier molecular flexibility index (Phi) is 4.18. The minimum atomic E-state index is 0.203. The van der Waals surface area contributed by atoms with Gasteiger partial charge in [-0.1, -0.05) is 6.07 Å². The van der Waals surface area contributed by atoms with Crippen LogP contribution in [0.4, 0.5) is 0 Å². The van der Waals surface area contributed by atoms with E-state index >= 15 is 0 Å². The molecule has 0 bridgehead atoms. The number of carbonyl (C=O) groups is 1. The number of pyridine rings is 1. The fraction of sp³-hybridized carbons (Fsp3) is 0.571. The number of ether oxygens (including phenoxy) is 1. The normalized spacial score (nSPS) is 19.7. The highest BCUT2D eigenvalue weighted by Gasteiger charge is 2.22. The molecule has 18 heavy (non-hydrogen) atoms. The Morgan fingerprint density at radius 3 is 2.94 bits per heavy atom. The smallest absolute Gasteiger partial charge is 0.227 e. The van der Waals surface area contributed by atoms with Gasteiger partial charge in [-0.3, -0.25) is 4.79 Å². The molecule has 4 nitrogen and oxygen atoms in total. The van der Waals surface area contributed by atoms with E-state index in [1.165, 1.54) is 6.42 Å². The largest absolute Gasteiger partial charge is 0.481 e. The number of hydrogen-bond acceptors (Lipinski definition) is 3. The summed E-state index contributed by atoms with van der Waals surface area (Å²) in [6.07, 6.45) is 5.62. The van der Waals surface area contributed by atoms with Crippen LogP contribution in [0.2, 0.25) is 0 Å². The summed E-state index contributed by atoms with van der Waals surface area (Å²) in [5.41, 5.74) is 0.943. The minimum Gasteiger partial charge on any atom is -0.481 e. The number of aromatic nitrogens is 1. The molecule has 2 rings (SSSR count). The molecule has 0 aromatic carbocycles. The molecule has 4 heteroatoms. The number of amides is 1. The predicted octanol–water partition coefficient (Wildman–Crippen LogP) is 2.03. The molecule has 2 heterocycles. The molecule has 1 aliphatic rings. The lowest BCUT2D eigenvalue weighted by Gasteiger charge is -2.33. The third kappa shape index (κ3) is 3.00. The Balaban J connectivity index is 1.97. The summed E-state index contributed by atoms with van der Waals surface area (Å²) >= 11 is 0. The van der Waals surface area contributed by atoms with Gasteiger partial charge in [-0.2, -0.15) is 0 Å². The molecular formula is C14H20N2O2. The number of hydrogen-bond donors (Lipinski definition) is 0. The molecule has 0 spiro atoms. The lowest BCUT2D eigenvalue weighted by atomic mass is 10.0. The molecule has 1 aromatic rings. The summed E-state index contributed by atoms with van der Waals surface area (Å²) in [6.45, 7) is 3.02. The molecule has 0 radical (unpaired) electrons. The molecule has 98 valence electrons. The molecule has 0 unspecified atom stereocenters. The lowest BCUT2D eigenvalue weighted by molar-refractivity contribution is -0.133. The quantitative estimate of drug-likeness (QED) is 0.822. The average Bonchev–Trinajstić information content (AvgIpc) is 2.40. The van der Waals surface area contributed by atoms with Gasteiger partial charge >= 0.3 is 0 Å². The Morgan fingerprint density at radius 2 is 2.33 bits per heavy atom. The molecule has 1 aromatic heterocycles. The van der Waals surface area contributed by atoms with Crippen molar-refractivity contribution >= 4 is 5.91 Å². The van der Waals surface area contributed by atoms with Crippen LogP contribution in [-0.4, -0.2) is 35.5 Å². The van der Waals surface area contributed by atoms with Crippen molar-refractivity contribution in [3.63, 3.8) is 0 Å². The van der Waals surface area contributed by atoms with E-state index in [-0.39, 0.29) is 5.91 Å². The Bertz CT molecular complexity index is 403. The monoisotopic (exact) mass is 248 g/mol. The fourth-order valence-corrected chi connectivity index (χ4v) is 2.38. The molecule has 1 fully saturated rings. The van der Waals surface area contributed by atoms with Crippen molar-refractivity contribution in [3.05, 3.63) is 23.9 Å². The van der Waals surface area contributed by atoms with Gasteiger partial charge in [-0.05, 0) is 31.7 Å². The van der Waals surface area contributed by atoms with Gasteiger partial charge in [0.2, 0.25) is 11.8 Å². The first-order valence-corrected chi connectivity index (χ1v) is 6.49. The highest BCUT2D eigenvalue weighted by Crippen LogP contribution is 2.18. The SMILES string of the molecule is COc1ccc(CC(=O)N2CCCC[C@@H]2C)cn1. The summed E-state index contributed by atoms with van der Waals surface area (Å²) < 4.78 is 5.00. The van der Waals surface area contributed by atoms with E-state index < -0.39 is 0 Å². The van der Waals surface area contributed by atoms with E-state index in [4.69, 9.17) is 4.74 Å². The zero-order chi connectivity index (χ0) is 13.0. The molecule has 0 N–H and O–H groups in total. The van der Waals surface area contributed by atoms with Gasteiger partial charge in [-0.25, -0.2) is 4.98 Å². The van der Waals surface area contributed by atoms with Crippen LogP contribution in [0.1, 0.15) is 31.7 Å². The first kappa shape index (κ1) is 12.9.